The van der Waals surface area contributed by atoms with Crippen LogP contribution >= 0.6 is 11.3 Å². The van der Waals surface area contributed by atoms with Crippen molar-refractivity contribution >= 4 is 27.4 Å². The van der Waals surface area contributed by atoms with Gasteiger partial charge in [-0.05, 0) is 38.3 Å². The molecule has 4 rings (SSSR count). The number of esters is 1. The van der Waals surface area contributed by atoms with Crippen molar-refractivity contribution in [3.8, 4) is 5.00 Å². The minimum absolute atomic E-state index is 0.0976. The van der Waals surface area contributed by atoms with Gasteiger partial charge in [-0.2, -0.15) is 0 Å². The number of benzene rings is 1. The number of aromatic nitrogens is 1. The Kier molecular flexibility index (Phi) is 4.17. The van der Waals surface area contributed by atoms with Crippen LogP contribution in [-0.2, 0) is 22.7 Å². The predicted molar refractivity (Wildman–Crippen MR) is 101 cm³/mol. The van der Waals surface area contributed by atoms with Crippen molar-refractivity contribution < 1.29 is 14.3 Å². The van der Waals surface area contributed by atoms with Gasteiger partial charge in [-0.25, -0.2) is 4.79 Å². The van der Waals surface area contributed by atoms with E-state index >= 15 is 0 Å². The molecule has 0 unspecified atom stereocenters. The Labute approximate surface area is 154 Å². The van der Waals surface area contributed by atoms with Crippen LogP contribution in [0.5, 0.6) is 0 Å². The average molecular weight is 369 g/mol. The number of hydrogen-bond donors (Lipinski definition) is 0. The second kappa shape index (κ2) is 6.37. The molecular weight excluding hydrogens is 350 g/mol. The maximum atomic E-state index is 12.9. The monoisotopic (exact) mass is 369 g/mol. The quantitative estimate of drug-likeness (QED) is 0.656. The van der Waals surface area contributed by atoms with Gasteiger partial charge in [-0.15, -0.1) is 11.3 Å². The van der Waals surface area contributed by atoms with Gasteiger partial charge in [0.2, 0.25) is 5.43 Å². The molecule has 5 nitrogen and oxygen atoms in total. The zero-order valence-electron chi connectivity index (χ0n) is 14.9. The van der Waals surface area contributed by atoms with Crippen LogP contribution in [0.4, 0.5) is 0 Å². The molecule has 3 heterocycles. The smallest absolute Gasteiger partial charge is 0.344 e. The van der Waals surface area contributed by atoms with E-state index in [1.165, 1.54) is 0 Å². The molecule has 1 aromatic carbocycles. The summed E-state index contributed by atoms with van der Waals surface area (Å²) in [5.74, 6) is -0.577. The molecule has 0 saturated heterocycles. The molecule has 1 aliphatic heterocycles. The van der Waals surface area contributed by atoms with Gasteiger partial charge >= 0.3 is 5.97 Å². The molecule has 134 valence electrons. The third-order valence-corrected chi connectivity index (χ3v) is 5.58. The van der Waals surface area contributed by atoms with Crippen LogP contribution in [0.2, 0.25) is 0 Å². The summed E-state index contributed by atoms with van der Waals surface area (Å²) in [7, 11) is 0. The van der Waals surface area contributed by atoms with E-state index in [-0.39, 0.29) is 23.7 Å². The average Bonchev–Trinajstić information content (AvgIpc) is 3.20. The van der Waals surface area contributed by atoms with Crippen LogP contribution in [0.1, 0.15) is 41.2 Å². The van der Waals surface area contributed by atoms with Gasteiger partial charge in [-0.3, -0.25) is 4.79 Å². The molecule has 6 heteroatoms. The lowest BCUT2D eigenvalue weighted by molar-refractivity contribution is 0.0374. The first-order chi connectivity index (χ1) is 12.5. The fourth-order valence-electron chi connectivity index (χ4n) is 3.34. The van der Waals surface area contributed by atoms with Gasteiger partial charge in [0, 0.05) is 16.0 Å². The number of fused-ring (bicyclic) bond motifs is 2. The van der Waals surface area contributed by atoms with E-state index in [1.807, 2.05) is 16.7 Å². The van der Waals surface area contributed by atoms with Crippen molar-refractivity contribution in [3.63, 3.8) is 0 Å². The van der Waals surface area contributed by atoms with Gasteiger partial charge < -0.3 is 14.0 Å². The summed E-state index contributed by atoms with van der Waals surface area (Å²) < 4.78 is 14.0. The summed E-state index contributed by atoms with van der Waals surface area (Å²) in [6.45, 7) is 5.92. The molecule has 0 bridgehead atoms. The topological polar surface area (TPSA) is 57.5 Å². The molecule has 0 aliphatic carbocycles. The number of hydrogen-bond acceptors (Lipinski definition) is 5. The van der Waals surface area contributed by atoms with Crippen LogP contribution < -0.4 is 5.43 Å². The maximum Gasteiger partial charge on any atom is 0.344 e. The zero-order valence-corrected chi connectivity index (χ0v) is 15.7. The molecule has 3 aromatic rings. The highest BCUT2D eigenvalue weighted by atomic mass is 32.1. The van der Waals surface area contributed by atoms with E-state index in [2.05, 4.69) is 18.2 Å². The Bertz CT molecular complexity index is 1040. The van der Waals surface area contributed by atoms with Crippen LogP contribution in [0, 0.1) is 6.92 Å². The first-order valence-corrected chi connectivity index (χ1v) is 9.34. The molecule has 0 radical (unpaired) electrons. The highest BCUT2D eigenvalue weighted by Crippen LogP contribution is 2.32. The summed E-state index contributed by atoms with van der Waals surface area (Å²) in [5, 5.41) is 2.09. The lowest BCUT2D eigenvalue weighted by Gasteiger charge is -2.17. The Morgan fingerprint density at radius 1 is 1.27 bits per heavy atom. The Balaban J connectivity index is 1.98. The number of rotatable bonds is 3. The molecule has 26 heavy (non-hydrogen) atoms. The Hall–Kier alpha value is -2.44. The third-order valence-electron chi connectivity index (χ3n) is 4.48. The Morgan fingerprint density at radius 3 is 2.77 bits per heavy atom. The number of thiophene rings is 1. The van der Waals surface area contributed by atoms with Gasteiger partial charge in [0.15, 0.2) is 0 Å². The molecule has 0 fully saturated rings. The maximum absolute atomic E-state index is 12.9. The van der Waals surface area contributed by atoms with E-state index in [0.29, 0.717) is 17.9 Å². The molecular formula is C20H19NO4S. The van der Waals surface area contributed by atoms with Crippen LogP contribution in [0.3, 0.4) is 0 Å². The summed E-state index contributed by atoms with van der Waals surface area (Å²) in [6.07, 6.45) is -0.288. The van der Waals surface area contributed by atoms with E-state index in [0.717, 1.165) is 20.8 Å². The minimum atomic E-state index is -0.577. The first kappa shape index (κ1) is 17.0. The first-order valence-electron chi connectivity index (χ1n) is 8.52. The van der Waals surface area contributed by atoms with E-state index < -0.39 is 5.97 Å². The Morgan fingerprint density at radius 2 is 2.04 bits per heavy atom. The lowest BCUT2D eigenvalue weighted by atomic mass is 10.1. The van der Waals surface area contributed by atoms with Gasteiger partial charge in [0.25, 0.3) is 0 Å². The van der Waals surface area contributed by atoms with Crippen LogP contribution in [-0.4, -0.2) is 16.6 Å². The third kappa shape index (κ3) is 2.66. The van der Waals surface area contributed by atoms with Gasteiger partial charge in [-0.1, -0.05) is 18.2 Å². The fraction of sp³-hybridized carbons (Fsp3) is 0.300. The molecule has 2 aromatic heterocycles. The zero-order chi connectivity index (χ0) is 18.4. The second-order valence-electron chi connectivity index (χ2n) is 6.62. The van der Waals surface area contributed by atoms with Crippen molar-refractivity contribution in [1.82, 2.24) is 4.57 Å². The highest BCUT2D eigenvalue weighted by molar-refractivity contribution is 7.21. The minimum Gasteiger partial charge on any atom is -0.459 e. The van der Waals surface area contributed by atoms with Crippen molar-refractivity contribution in [1.29, 1.82) is 0 Å². The highest BCUT2D eigenvalue weighted by Gasteiger charge is 2.29. The SMILES string of the molecule is Cc1c(C(=O)OC(C)C)c(=O)c2c(n1-c1cc3ccccc3s1)COC2. The molecule has 1 aliphatic rings. The lowest BCUT2D eigenvalue weighted by Crippen LogP contribution is -2.28. The summed E-state index contributed by atoms with van der Waals surface area (Å²) >= 11 is 1.62. The van der Waals surface area contributed by atoms with E-state index in [4.69, 9.17) is 9.47 Å². The molecule has 0 amide bonds. The van der Waals surface area contributed by atoms with E-state index in [9.17, 15) is 9.59 Å². The van der Waals surface area contributed by atoms with Gasteiger partial charge in [0.05, 0.1) is 25.0 Å². The van der Waals surface area contributed by atoms with E-state index in [1.54, 1.807) is 32.1 Å². The predicted octanol–water partition coefficient (Wildman–Crippen LogP) is 3.96. The molecule has 0 N–H and O–H groups in total. The van der Waals surface area contributed by atoms with Crippen molar-refractivity contribution in [2.24, 2.45) is 0 Å². The molecule has 0 saturated carbocycles. The number of nitrogens with zero attached hydrogens (tertiary/aromatic N) is 1. The normalized spacial score (nSPS) is 13.4. The number of pyridine rings is 1. The van der Waals surface area contributed by atoms with Crippen molar-refractivity contribution in [2.75, 3.05) is 0 Å². The summed E-state index contributed by atoms with van der Waals surface area (Å²) in [4.78, 5) is 25.4. The largest absolute Gasteiger partial charge is 0.459 e. The standard InChI is InChI=1S/C20H19NO4S/c1-11(2)25-20(23)18-12(3)21(15-10-24-9-14(15)19(18)22)17-8-13-6-4-5-7-16(13)26-17/h4-8,11H,9-10H2,1-3H3. The number of carbonyl (C=O) groups is 1. The van der Waals surface area contributed by atoms with Crippen molar-refractivity contribution in [2.45, 2.75) is 40.1 Å². The summed E-state index contributed by atoms with van der Waals surface area (Å²) in [6, 6.07) is 10.2. The van der Waals surface area contributed by atoms with Gasteiger partial charge in [0.1, 0.15) is 10.6 Å². The summed E-state index contributed by atoms with van der Waals surface area (Å²) in [5.41, 5.74) is 1.78. The van der Waals surface area contributed by atoms with Crippen LogP contribution in [0.25, 0.3) is 15.1 Å². The molecule has 0 atom stereocenters. The second-order valence-corrected chi connectivity index (χ2v) is 7.68. The van der Waals surface area contributed by atoms with Crippen molar-refractivity contribution in [3.05, 3.63) is 63.1 Å². The molecule has 0 spiro atoms. The number of ether oxygens (including phenoxy) is 2. The van der Waals surface area contributed by atoms with Crippen LogP contribution in [0.15, 0.2) is 35.1 Å². The number of carbonyl (C=O) groups excluding carboxylic acids is 1. The fourth-order valence-corrected chi connectivity index (χ4v) is 4.48.